The van der Waals surface area contributed by atoms with E-state index >= 15 is 0 Å². The van der Waals surface area contributed by atoms with Crippen molar-refractivity contribution in [1.29, 1.82) is 0 Å². The molecule has 1 atom stereocenters. The Bertz CT molecular complexity index is 1410. The molecule has 0 spiro atoms. The van der Waals surface area contributed by atoms with Crippen molar-refractivity contribution in [2.45, 2.75) is 26.1 Å². The number of aromatic nitrogens is 4. The van der Waals surface area contributed by atoms with Crippen molar-refractivity contribution in [2.75, 3.05) is 5.32 Å². The molecule has 184 valence electrons. The van der Waals surface area contributed by atoms with E-state index in [9.17, 15) is 22.8 Å². The maximum Gasteiger partial charge on any atom is 0.416 e. The summed E-state index contributed by atoms with van der Waals surface area (Å²) in [5.41, 5.74) is 0.693. The molecule has 0 fully saturated rings. The first-order valence-electron chi connectivity index (χ1n) is 10.6. The second kappa shape index (κ2) is 9.94. The van der Waals surface area contributed by atoms with Crippen LogP contribution in [0.5, 0.6) is 0 Å². The normalized spacial score (nSPS) is 12.1. The highest BCUT2D eigenvalue weighted by Gasteiger charge is 2.32. The second-order valence-electron chi connectivity index (χ2n) is 7.82. The number of alkyl halides is 3. The summed E-state index contributed by atoms with van der Waals surface area (Å²) in [5, 5.41) is 8.85. The lowest BCUT2D eigenvalue weighted by atomic mass is 10.1. The molecule has 0 aliphatic rings. The van der Waals surface area contributed by atoms with Crippen LogP contribution in [0.1, 0.15) is 50.8 Å². The number of nitrogens with zero attached hydrogens (tertiary/aromatic N) is 4. The Balaban J connectivity index is 1.43. The molecule has 0 aliphatic heterocycles. The monoisotopic (exact) mass is 496 g/mol. The van der Waals surface area contributed by atoms with Gasteiger partial charge in [0.05, 0.1) is 17.3 Å². The lowest BCUT2D eigenvalue weighted by Gasteiger charge is -2.12. The first-order chi connectivity index (χ1) is 17.1. The number of aryl methyl sites for hydroxylation is 1. The molecule has 2 amide bonds. The Kier molecular flexibility index (Phi) is 6.77. The first kappa shape index (κ1) is 24.5. The van der Waals surface area contributed by atoms with Gasteiger partial charge in [-0.3, -0.25) is 14.6 Å². The van der Waals surface area contributed by atoms with E-state index in [4.69, 9.17) is 4.52 Å². The smallest absolute Gasteiger partial charge is 0.351 e. The number of benzene rings is 1. The standard InChI is InChI=1S/C24H19F3N6O3/c1-13-5-6-16(8-17(13)24(25,26)27)32-23(35)21-10-18(33-36-21)14(2)31-22(34)20-9-19(29-12-30-20)15-4-3-7-28-11-15/h3-12,14H,1-2H3,(H,31,34)(H,32,35). The fourth-order valence-electron chi connectivity index (χ4n) is 3.30. The Morgan fingerprint density at radius 2 is 1.86 bits per heavy atom. The predicted octanol–water partition coefficient (Wildman–Crippen LogP) is 4.60. The second-order valence-corrected chi connectivity index (χ2v) is 7.82. The summed E-state index contributed by atoms with van der Waals surface area (Å²) in [4.78, 5) is 37.3. The van der Waals surface area contributed by atoms with E-state index in [1.165, 1.54) is 37.5 Å². The molecule has 0 aliphatic carbocycles. The molecular formula is C24H19F3N6O3. The average Bonchev–Trinajstić information content (AvgIpc) is 3.36. The van der Waals surface area contributed by atoms with Gasteiger partial charge in [-0.2, -0.15) is 13.2 Å². The van der Waals surface area contributed by atoms with Crippen LogP contribution in [0.3, 0.4) is 0 Å². The Morgan fingerprint density at radius 1 is 1.06 bits per heavy atom. The zero-order valence-corrected chi connectivity index (χ0v) is 19.0. The highest BCUT2D eigenvalue weighted by atomic mass is 19.4. The molecule has 0 radical (unpaired) electrons. The van der Waals surface area contributed by atoms with Crippen LogP contribution in [-0.4, -0.2) is 31.9 Å². The number of anilines is 1. The molecule has 1 unspecified atom stereocenters. The van der Waals surface area contributed by atoms with E-state index in [-0.39, 0.29) is 28.4 Å². The number of hydrogen-bond acceptors (Lipinski definition) is 7. The number of rotatable bonds is 6. The van der Waals surface area contributed by atoms with Gasteiger partial charge in [0.1, 0.15) is 17.7 Å². The van der Waals surface area contributed by atoms with E-state index in [0.717, 1.165) is 6.07 Å². The van der Waals surface area contributed by atoms with Gasteiger partial charge in [-0.25, -0.2) is 9.97 Å². The minimum atomic E-state index is -4.56. The number of carbonyl (C=O) groups is 2. The minimum absolute atomic E-state index is 0.0308. The Morgan fingerprint density at radius 3 is 2.58 bits per heavy atom. The van der Waals surface area contributed by atoms with Crippen LogP contribution in [0.4, 0.5) is 18.9 Å². The largest absolute Gasteiger partial charge is 0.416 e. The van der Waals surface area contributed by atoms with Crippen LogP contribution >= 0.6 is 0 Å². The predicted molar refractivity (Wildman–Crippen MR) is 122 cm³/mol. The summed E-state index contributed by atoms with van der Waals surface area (Å²) < 4.78 is 44.4. The van der Waals surface area contributed by atoms with Gasteiger partial charge in [-0.1, -0.05) is 11.2 Å². The molecule has 1 aromatic carbocycles. The number of nitrogens with one attached hydrogen (secondary N) is 2. The van der Waals surface area contributed by atoms with Gasteiger partial charge in [0.2, 0.25) is 5.76 Å². The number of amides is 2. The quantitative estimate of drug-likeness (QED) is 0.400. The molecule has 9 nitrogen and oxygen atoms in total. The van der Waals surface area contributed by atoms with Crippen molar-refractivity contribution in [3.05, 3.63) is 89.5 Å². The fourth-order valence-corrected chi connectivity index (χ4v) is 3.30. The van der Waals surface area contributed by atoms with E-state index in [1.54, 1.807) is 31.5 Å². The van der Waals surface area contributed by atoms with Gasteiger partial charge in [0.25, 0.3) is 11.8 Å². The third-order valence-corrected chi connectivity index (χ3v) is 5.20. The van der Waals surface area contributed by atoms with Crippen molar-refractivity contribution in [2.24, 2.45) is 0 Å². The molecule has 36 heavy (non-hydrogen) atoms. The maximum atomic E-state index is 13.1. The third kappa shape index (κ3) is 5.54. The van der Waals surface area contributed by atoms with Gasteiger partial charge >= 0.3 is 6.18 Å². The number of pyridine rings is 1. The molecule has 4 rings (SSSR count). The van der Waals surface area contributed by atoms with Crippen LogP contribution < -0.4 is 10.6 Å². The van der Waals surface area contributed by atoms with E-state index in [1.807, 2.05) is 0 Å². The summed E-state index contributed by atoms with van der Waals surface area (Å²) in [6, 6.07) is 9.12. The number of halogens is 3. The van der Waals surface area contributed by atoms with Crippen LogP contribution in [0, 0.1) is 6.92 Å². The Labute approximate surface area is 202 Å². The molecular weight excluding hydrogens is 477 g/mol. The van der Waals surface area contributed by atoms with Crippen LogP contribution in [0.15, 0.2) is 65.7 Å². The summed E-state index contributed by atoms with van der Waals surface area (Å²) >= 11 is 0. The minimum Gasteiger partial charge on any atom is -0.351 e. The molecule has 3 aromatic heterocycles. The van der Waals surface area contributed by atoms with Gasteiger partial charge in [0, 0.05) is 29.7 Å². The van der Waals surface area contributed by atoms with Crippen LogP contribution in [0.2, 0.25) is 0 Å². The SMILES string of the molecule is Cc1ccc(NC(=O)c2cc(C(C)NC(=O)c3cc(-c4cccnc4)ncn3)no2)cc1C(F)(F)F. The van der Waals surface area contributed by atoms with E-state index in [0.29, 0.717) is 11.3 Å². The van der Waals surface area contributed by atoms with E-state index in [2.05, 4.69) is 30.7 Å². The average molecular weight is 496 g/mol. The lowest BCUT2D eigenvalue weighted by molar-refractivity contribution is -0.138. The fraction of sp³-hybridized carbons (Fsp3) is 0.167. The topological polar surface area (TPSA) is 123 Å². The Hall–Kier alpha value is -4.61. The molecule has 0 bridgehead atoms. The van der Waals surface area contributed by atoms with Crippen molar-refractivity contribution in [1.82, 2.24) is 25.4 Å². The molecule has 3 heterocycles. The summed E-state index contributed by atoms with van der Waals surface area (Å²) in [7, 11) is 0. The van der Waals surface area contributed by atoms with Crippen LogP contribution in [-0.2, 0) is 6.18 Å². The highest BCUT2D eigenvalue weighted by molar-refractivity contribution is 6.02. The molecule has 2 N–H and O–H groups in total. The van der Waals surface area contributed by atoms with Crippen LogP contribution in [0.25, 0.3) is 11.3 Å². The zero-order chi connectivity index (χ0) is 25.9. The van der Waals surface area contributed by atoms with Crippen molar-refractivity contribution < 1.29 is 27.3 Å². The number of hydrogen-bond donors (Lipinski definition) is 2. The first-order valence-corrected chi connectivity index (χ1v) is 10.6. The summed E-state index contributed by atoms with van der Waals surface area (Å²) in [5.74, 6) is -1.54. The molecule has 0 saturated heterocycles. The highest BCUT2D eigenvalue weighted by Crippen LogP contribution is 2.33. The maximum absolute atomic E-state index is 13.1. The third-order valence-electron chi connectivity index (χ3n) is 5.20. The van der Waals surface area contributed by atoms with Gasteiger partial charge in [-0.05, 0) is 49.7 Å². The summed E-state index contributed by atoms with van der Waals surface area (Å²) in [6.45, 7) is 2.95. The lowest BCUT2D eigenvalue weighted by Crippen LogP contribution is -2.27. The van der Waals surface area contributed by atoms with Crippen molar-refractivity contribution >= 4 is 17.5 Å². The van der Waals surface area contributed by atoms with Gasteiger partial charge in [0.15, 0.2) is 0 Å². The van der Waals surface area contributed by atoms with E-state index < -0.39 is 29.6 Å². The zero-order valence-electron chi connectivity index (χ0n) is 19.0. The molecule has 12 heteroatoms. The van der Waals surface area contributed by atoms with Crippen molar-refractivity contribution in [3.63, 3.8) is 0 Å². The van der Waals surface area contributed by atoms with Gasteiger partial charge < -0.3 is 15.2 Å². The van der Waals surface area contributed by atoms with Crippen molar-refractivity contribution in [3.8, 4) is 11.3 Å². The van der Waals surface area contributed by atoms with Gasteiger partial charge in [-0.15, -0.1) is 0 Å². The molecule has 0 saturated carbocycles. The molecule has 4 aromatic rings. The number of carbonyl (C=O) groups excluding carboxylic acids is 2. The summed E-state index contributed by atoms with van der Waals surface area (Å²) in [6.07, 6.45) is -0.0713.